The number of aromatic nitrogens is 2. The Hall–Kier alpha value is -1.29. The highest BCUT2D eigenvalue weighted by Crippen LogP contribution is 2.03. The number of carbonyl (C=O) groups excluding carboxylic acids is 1. The maximum absolute atomic E-state index is 11.1. The molecule has 1 aromatic heterocycles. The van der Waals surface area contributed by atoms with Gasteiger partial charge in [0.25, 0.3) is 0 Å². The van der Waals surface area contributed by atoms with E-state index in [1.54, 1.807) is 12.3 Å². The summed E-state index contributed by atoms with van der Waals surface area (Å²) in [5.41, 5.74) is 0. The van der Waals surface area contributed by atoms with E-state index in [-0.39, 0.29) is 12.5 Å². The van der Waals surface area contributed by atoms with E-state index < -0.39 is 0 Å². The summed E-state index contributed by atoms with van der Waals surface area (Å²) in [4.78, 5) is 11.1. The highest BCUT2D eigenvalue weighted by molar-refractivity contribution is 6.30. The van der Waals surface area contributed by atoms with E-state index in [0.29, 0.717) is 11.6 Å². The molecular weight excluding hydrogens is 190 g/mol. The molecule has 0 aliphatic rings. The Kier molecular flexibility index (Phi) is 3.52. The molecule has 0 saturated carbocycles. The summed E-state index contributed by atoms with van der Waals surface area (Å²) in [6.07, 6.45) is 4.70. The molecule has 70 valence electrons. The van der Waals surface area contributed by atoms with Crippen LogP contribution in [0.1, 0.15) is 0 Å². The first-order valence-corrected chi connectivity index (χ1v) is 4.15. The van der Waals surface area contributed by atoms with Gasteiger partial charge in [-0.3, -0.25) is 9.48 Å². The van der Waals surface area contributed by atoms with E-state index >= 15 is 0 Å². The third-order valence-electron chi connectivity index (χ3n) is 1.35. The molecule has 1 aromatic rings. The summed E-state index contributed by atoms with van der Waals surface area (Å²) in [6.45, 7) is 4.13. The average Bonchev–Trinajstić information content (AvgIpc) is 2.48. The molecule has 0 aromatic carbocycles. The Morgan fingerprint density at radius 3 is 3.15 bits per heavy atom. The van der Waals surface area contributed by atoms with Gasteiger partial charge in [0.05, 0.1) is 11.2 Å². The number of hydrogen-bond donors (Lipinski definition) is 1. The minimum Gasteiger partial charge on any atom is -0.351 e. The quantitative estimate of drug-likeness (QED) is 0.731. The van der Waals surface area contributed by atoms with E-state index in [0.717, 1.165) is 0 Å². The number of hydrogen-bond acceptors (Lipinski definition) is 2. The fourth-order valence-electron chi connectivity index (χ4n) is 0.814. The van der Waals surface area contributed by atoms with E-state index in [4.69, 9.17) is 11.6 Å². The predicted octanol–water partition coefficient (Wildman–Crippen LogP) is 0.839. The van der Waals surface area contributed by atoms with Crippen LogP contribution in [0.15, 0.2) is 25.0 Å². The summed E-state index contributed by atoms with van der Waals surface area (Å²) in [7, 11) is 0. The highest BCUT2D eigenvalue weighted by atomic mass is 35.5. The van der Waals surface area contributed by atoms with Crippen molar-refractivity contribution < 1.29 is 4.79 Å². The van der Waals surface area contributed by atoms with Crippen LogP contribution in [0.25, 0.3) is 0 Å². The summed E-state index contributed by atoms with van der Waals surface area (Å²) >= 11 is 5.62. The van der Waals surface area contributed by atoms with Gasteiger partial charge in [-0.1, -0.05) is 17.7 Å². The van der Waals surface area contributed by atoms with Gasteiger partial charge in [0.2, 0.25) is 5.91 Å². The topological polar surface area (TPSA) is 46.9 Å². The van der Waals surface area contributed by atoms with Crippen LogP contribution in [0, 0.1) is 0 Å². The second kappa shape index (κ2) is 4.67. The van der Waals surface area contributed by atoms with Crippen molar-refractivity contribution in [2.75, 3.05) is 6.54 Å². The normalized spacial score (nSPS) is 9.62. The number of nitrogens with zero attached hydrogens (tertiary/aromatic N) is 2. The van der Waals surface area contributed by atoms with Crippen LogP contribution in [0.5, 0.6) is 0 Å². The second-order valence-corrected chi connectivity index (χ2v) is 2.89. The van der Waals surface area contributed by atoms with Crippen LogP contribution in [-0.4, -0.2) is 22.2 Å². The zero-order valence-electron chi connectivity index (χ0n) is 7.03. The lowest BCUT2D eigenvalue weighted by molar-refractivity contribution is -0.121. The molecule has 0 aliphatic carbocycles. The minimum absolute atomic E-state index is 0.111. The Labute approximate surface area is 81.2 Å². The van der Waals surface area contributed by atoms with Crippen LogP contribution in [-0.2, 0) is 11.3 Å². The Bertz CT molecular complexity index is 308. The van der Waals surface area contributed by atoms with Crippen molar-refractivity contribution >= 4 is 17.5 Å². The van der Waals surface area contributed by atoms with Gasteiger partial charge in [-0.2, -0.15) is 5.10 Å². The number of nitrogens with one attached hydrogen (secondary N) is 1. The van der Waals surface area contributed by atoms with Gasteiger partial charge in [-0.25, -0.2) is 0 Å². The fraction of sp³-hybridized carbons (Fsp3) is 0.250. The number of rotatable bonds is 4. The third kappa shape index (κ3) is 3.29. The molecule has 1 heterocycles. The van der Waals surface area contributed by atoms with Crippen molar-refractivity contribution in [2.24, 2.45) is 0 Å². The van der Waals surface area contributed by atoms with Gasteiger partial charge in [-0.05, 0) is 0 Å². The molecule has 0 aliphatic heterocycles. The van der Waals surface area contributed by atoms with Crippen molar-refractivity contribution in [1.82, 2.24) is 15.1 Å². The molecule has 0 bridgehead atoms. The first kappa shape index (κ1) is 9.80. The molecule has 1 N–H and O–H groups in total. The first-order chi connectivity index (χ1) is 6.22. The zero-order valence-corrected chi connectivity index (χ0v) is 7.79. The maximum atomic E-state index is 11.1. The summed E-state index contributed by atoms with van der Waals surface area (Å²) in [5.74, 6) is -0.111. The Morgan fingerprint density at radius 2 is 2.62 bits per heavy atom. The van der Waals surface area contributed by atoms with E-state index in [9.17, 15) is 4.79 Å². The molecule has 0 spiro atoms. The molecule has 0 fully saturated rings. The molecule has 13 heavy (non-hydrogen) atoms. The number of halogens is 1. The lowest BCUT2D eigenvalue weighted by atomic mass is 10.5. The van der Waals surface area contributed by atoms with Gasteiger partial charge in [0, 0.05) is 12.7 Å². The molecule has 1 amide bonds. The molecule has 0 atom stereocenters. The second-order valence-electron chi connectivity index (χ2n) is 2.45. The molecule has 0 radical (unpaired) electrons. The molecule has 4 nitrogen and oxygen atoms in total. The zero-order chi connectivity index (χ0) is 9.68. The van der Waals surface area contributed by atoms with Gasteiger partial charge in [-0.15, -0.1) is 6.58 Å². The van der Waals surface area contributed by atoms with Crippen LogP contribution in [0.4, 0.5) is 0 Å². The molecule has 0 unspecified atom stereocenters. The number of amides is 1. The predicted molar refractivity (Wildman–Crippen MR) is 50.4 cm³/mol. The van der Waals surface area contributed by atoms with Crippen LogP contribution < -0.4 is 5.32 Å². The fourth-order valence-corrected chi connectivity index (χ4v) is 0.970. The lowest BCUT2D eigenvalue weighted by Crippen LogP contribution is -2.27. The smallest absolute Gasteiger partial charge is 0.241 e. The minimum atomic E-state index is -0.111. The largest absolute Gasteiger partial charge is 0.351 e. The van der Waals surface area contributed by atoms with E-state index in [2.05, 4.69) is 17.0 Å². The summed E-state index contributed by atoms with van der Waals surface area (Å²) in [5, 5.41) is 7.02. The molecule has 1 rings (SSSR count). The van der Waals surface area contributed by atoms with Gasteiger partial charge < -0.3 is 5.32 Å². The first-order valence-electron chi connectivity index (χ1n) is 3.78. The average molecular weight is 200 g/mol. The van der Waals surface area contributed by atoms with Crippen LogP contribution in [0.2, 0.25) is 5.02 Å². The number of carbonyl (C=O) groups is 1. The van der Waals surface area contributed by atoms with Crippen molar-refractivity contribution in [3.8, 4) is 0 Å². The standard InChI is InChI=1S/C8H10ClN3O/c1-2-3-10-8(13)6-12-5-7(9)4-11-12/h2,4-5H,1,3,6H2,(H,10,13). The third-order valence-corrected chi connectivity index (χ3v) is 1.55. The van der Waals surface area contributed by atoms with Crippen LogP contribution >= 0.6 is 11.6 Å². The summed E-state index contributed by atoms with van der Waals surface area (Å²) in [6, 6.07) is 0. The molecule has 0 saturated heterocycles. The Balaban J connectivity index is 2.40. The van der Waals surface area contributed by atoms with Crippen molar-refractivity contribution in [1.29, 1.82) is 0 Å². The Morgan fingerprint density at radius 1 is 1.85 bits per heavy atom. The van der Waals surface area contributed by atoms with Crippen molar-refractivity contribution in [3.63, 3.8) is 0 Å². The SMILES string of the molecule is C=CCNC(=O)Cn1cc(Cl)cn1. The van der Waals surface area contributed by atoms with E-state index in [1.807, 2.05) is 0 Å². The van der Waals surface area contributed by atoms with Gasteiger partial charge >= 0.3 is 0 Å². The maximum Gasteiger partial charge on any atom is 0.241 e. The van der Waals surface area contributed by atoms with Crippen LogP contribution in [0.3, 0.4) is 0 Å². The van der Waals surface area contributed by atoms with Crippen molar-refractivity contribution in [3.05, 3.63) is 30.1 Å². The summed E-state index contributed by atoms with van der Waals surface area (Å²) < 4.78 is 1.47. The van der Waals surface area contributed by atoms with Gasteiger partial charge in [0.1, 0.15) is 6.54 Å². The lowest BCUT2D eigenvalue weighted by Gasteiger charge is -2.01. The molecular formula is C8H10ClN3O. The monoisotopic (exact) mass is 199 g/mol. The highest BCUT2D eigenvalue weighted by Gasteiger charge is 2.01. The van der Waals surface area contributed by atoms with E-state index in [1.165, 1.54) is 10.9 Å². The van der Waals surface area contributed by atoms with Crippen molar-refractivity contribution in [2.45, 2.75) is 6.54 Å². The molecule has 5 heteroatoms. The van der Waals surface area contributed by atoms with Gasteiger partial charge in [0.15, 0.2) is 0 Å².